The summed E-state index contributed by atoms with van der Waals surface area (Å²) in [6.45, 7) is 22.2. The molecule has 8 fully saturated rings. The molecule has 1 N–H and O–H groups in total. The quantitative estimate of drug-likeness (QED) is 0.0471. The van der Waals surface area contributed by atoms with Crippen LogP contribution in [-0.2, 0) is 85.4 Å². The molecular formula is C101H132O31. The Morgan fingerprint density at radius 1 is 0.341 bits per heavy atom. The second-order valence-electron chi connectivity index (χ2n) is 38.0. The highest BCUT2D eigenvalue weighted by Gasteiger charge is 2.56. The van der Waals surface area contributed by atoms with E-state index < -0.39 is 89.9 Å². The Balaban J connectivity index is 0.000000150. The summed E-state index contributed by atoms with van der Waals surface area (Å²) >= 11 is 0. The number of aliphatic hydroxyl groups excluding tert-OH is 1. The normalized spacial score (nSPS) is 32.6. The summed E-state index contributed by atoms with van der Waals surface area (Å²) in [6, 6.07) is 14.4. The molecule has 4 aromatic rings. The molecule has 7 heterocycles. The Kier molecular flexibility index (Phi) is 32.8. The number of Topliss-reactive ketones (excluding diaryl/α,β-unsaturated/α-hetero) is 1. The third kappa shape index (κ3) is 25.1. The topological polar surface area (TPSA) is 352 Å². The number of carbonyl (C=O) groups is 7. The Morgan fingerprint density at radius 2 is 0.621 bits per heavy atom. The number of benzene rings is 4. The van der Waals surface area contributed by atoms with Crippen LogP contribution in [0.4, 0.5) is 0 Å². The monoisotopic (exact) mass is 1840 g/mol. The molecule has 5 aliphatic carbocycles. The lowest BCUT2D eigenvalue weighted by Crippen LogP contribution is -2.34. The first-order valence-corrected chi connectivity index (χ1v) is 45.8. The summed E-state index contributed by atoms with van der Waals surface area (Å²) in [5, 5.41) is 10.8. The van der Waals surface area contributed by atoms with Gasteiger partial charge in [0.1, 0.15) is 112 Å². The van der Waals surface area contributed by atoms with E-state index in [1.54, 1.807) is 98.0 Å². The van der Waals surface area contributed by atoms with Gasteiger partial charge < -0.3 is 114 Å². The van der Waals surface area contributed by atoms with Crippen molar-refractivity contribution in [3.63, 3.8) is 0 Å². The number of cyclic esters (lactones) is 3. The van der Waals surface area contributed by atoms with Crippen LogP contribution in [0, 0.1) is 29.6 Å². The maximum Gasteiger partial charge on any atom is 0.342 e. The van der Waals surface area contributed by atoms with Crippen molar-refractivity contribution < 1.29 is 148 Å². The van der Waals surface area contributed by atoms with Gasteiger partial charge in [0.25, 0.3) is 0 Å². The predicted molar refractivity (Wildman–Crippen MR) is 478 cm³/mol. The van der Waals surface area contributed by atoms with E-state index in [9.17, 15) is 38.7 Å². The number of rotatable bonds is 16. The molecule has 16 rings (SSSR count). The fourth-order valence-corrected chi connectivity index (χ4v) is 19.2. The average Bonchev–Trinajstić information content (AvgIpc) is 1.61. The fourth-order valence-electron chi connectivity index (χ4n) is 19.2. The largest absolute Gasteiger partial charge is 0.497 e. The molecule has 21 atom stereocenters. The number of carbonyl (C=O) groups excluding carboxylic acids is 7. The van der Waals surface area contributed by atoms with Crippen molar-refractivity contribution in [2.24, 2.45) is 29.6 Å². The lowest BCUT2D eigenvalue weighted by molar-refractivity contribution is -0.153. The average molecular weight is 1840 g/mol. The van der Waals surface area contributed by atoms with Gasteiger partial charge in [-0.2, -0.15) is 0 Å². The van der Waals surface area contributed by atoms with Gasteiger partial charge in [-0.25, -0.2) is 14.4 Å². The van der Waals surface area contributed by atoms with Crippen LogP contribution in [0.15, 0.2) is 97.1 Å². The van der Waals surface area contributed by atoms with Crippen LogP contribution >= 0.6 is 0 Å². The molecule has 7 aliphatic heterocycles. The van der Waals surface area contributed by atoms with Crippen LogP contribution in [0.2, 0.25) is 0 Å². The van der Waals surface area contributed by atoms with E-state index >= 15 is 0 Å². The summed E-state index contributed by atoms with van der Waals surface area (Å²) in [4.78, 5) is 91.7. The molecule has 4 aromatic carbocycles. The minimum atomic E-state index is -0.828. The number of esters is 3. The zero-order chi connectivity index (χ0) is 95.0. The van der Waals surface area contributed by atoms with Crippen molar-refractivity contribution in [1.82, 2.24) is 0 Å². The van der Waals surface area contributed by atoms with Gasteiger partial charge in [0.2, 0.25) is 0 Å². The number of allylic oxidation sites excluding steroid dienone is 1. The summed E-state index contributed by atoms with van der Waals surface area (Å²) in [5.41, 5.74) is 5.22. The first-order chi connectivity index (χ1) is 62.9. The third-order valence-corrected chi connectivity index (χ3v) is 25.5. The SMILES string of the molecule is COCOc1cc(OC)cc2c1C(=O)C[C@@H](C)C/C=C/C(=O)[C@H]1OC(C)(C)O[C@H]1CC1CC21.COCOc1cc(OC)cc2c1C(=O)O[C@@H](C)C/C=C\C(=O)[C@H]1OC(C)(C)O[C@H]1CC1CC21.COCOc1cc(OC)cc2c1C(=O)O[C@@H](C)C/C=C\C(=O)[C@H]1OC(C)(C)O[C@H]1CC1CC21.COCOc1cc(OC)cc2c1C(=O)O[C@@H](C)C/C=C\C(O)[C@H]1OC(C)(C)O[C@H]1CC1CC21. The number of ether oxygens (including phenoxy) is 23. The zero-order valence-electron chi connectivity index (χ0n) is 79.6. The number of aliphatic hydroxyl groups is 1. The maximum absolute atomic E-state index is 13.5. The molecule has 0 amide bonds. The Morgan fingerprint density at radius 3 is 0.939 bits per heavy atom. The van der Waals surface area contributed by atoms with E-state index in [-0.39, 0.29) is 128 Å². The molecule has 132 heavy (non-hydrogen) atoms. The second kappa shape index (κ2) is 43.2. The molecule has 31 heteroatoms. The van der Waals surface area contributed by atoms with Gasteiger partial charge in [0.15, 0.2) is 73.5 Å². The highest BCUT2D eigenvalue weighted by Crippen LogP contribution is 2.60. The summed E-state index contributed by atoms with van der Waals surface area (Å²) in [5.74, 6) is 0.652. The van der Waals surface area contributed by atoms with Crippen molar-refractivity contribution in [2.75, 3.05) is 84.1 Å². The van der Waals surface area contributed by atoms with E-state index in [2.05, 4.69) is 0 Å². The number of methoxy groups -OCH3 is 8. The van der Waals surface area contributed by atoms with Crippen LogP contribution in [-0.4, -0.2) is 227 Å². The van der Waals surface area contributed by atoms with Crippen LogP contribution < -0.4 is 37.9 Å². The van der Waals surface area contributed by atoms with Crippen LogP contribution in [0.1, 0.15) is 254 Å². The summed E-state index contributed by atoms with van der Waals surface area (Å²) in [7, 11) is 12.5. The number of hydrogen-bond donors (Lipinski definition) is 1. The minimum Gasteiger partial charge on any atom is -0.497 e. The van der Waals surface area contributed by atoms with Gasteiger partial charge in [-0.05, 0) is 252 Å². The summed E-state index contributed by atoms with van der Waals surface area (Å²) in [6.07, 6.45) is 16.1. The van der Waals surface area contributed by atoms with E-state index in [0.717, 1.165) is 47.9 Å². The van der Waals surface area contributed by atoms with Crippen molar-refractivity contribution in [3.05, 3.63) is 142 Å². The molecule has 0 bridgehead atoms. The smallest absolute Gasteiger partial charge is 0.342 e. The van der Waals surface area contributed by atoms with Gasteiger partial charge in [-0.3, -0.25) is 19.2 Å². The second-order valence-corrected chi connectivity index (χ2v) is 38.0. The van der Waals surface area contributed by atoms with Gasteiger partial charge >= 0.3 is 17.9 Å². The lowest BCUT2D eigenvalue weighted by Gasteiger charge is -2.22. The number of fused-ring (bicyclic) bond motifs is 16. The van der Waals surface area contributed by atoms with Gasteiger partial charge in [0, 0.05) is 78.4 Å². The molecule has 4 saturated heterocycles. The molecular weight excluding hydrogens is 1710 g/mol. The van der Waals surface area contributed by atoms with Crippen LogP contribution in [0.5, 0.6) is 46.0 Å². The van der Waals surface area contributed by atoms with E-state index in [1.165, 1.54) is 33.5 Å². The molecule has 31 nitrogen and oxygen atoms in total. The molecule has 12 aliphatic rings. The Bertz CT molecular complexity index is 4540. The number of ketones is 4. The van der Waals surface area contributed by atoms with Crippen LogP contribution in [0.3, 0.4) is 0 Å². The first-order valence-electron chi connectivity index (χ1n) is 45.8. The van der Waals surface area contributed by atoms with Gasteiger partial charge in [-0.1, -0.05) is 37.3 Å². The van der Waals surface area contributed by atoms with Crippen molar-refractivity contribution in [2.45, 2.75) is 287 Å². The minimum absolute atomic E-state index is 0.00117. The van der Waals surface area contributed by atoms with Gasteiger partial charge in [-0.15, -0.1) is 0 Å². The first kappa shape index (κ1) is 100. The predicted octanol–water partition coefficient (Wildman–Crippen LogP) is 15.5. The third-order valence-electron chi connectivity index (χ3n) is 25.5. The molecule has 722 valence electrons. The van der Waals surface area contributed by atoms with Crippen molar-refractivity contribution in [3.8, 4) is 46.0 Å². The highest BCUT2D eigenvalue weighted by molar-refractivity contribution is 6.02. The molecule has 9 unspecified atom stereocenters. The van der Waals surface area contributed by atoms with E-state index in [0.29, 0.717) is 126 Å². The standard InChI is InChI=1S/C26H34O7.C25H34O8.2C25H32O8/c1-15-7-6-8-20(27)25-23(32-26(2,3)33-25)11-16-10-18(16)19-12-17(30-5)13-22(31-14-29-4)24(19)21(28)9-15;3*1-14-7-6-8-19(26)23-21(32-25(2,3)33-23)10-15-9-17(15)18-11-16(29-5)12-20(30-13-28-4)22(18)24(27)31-14/h6,8,12-13,15-16,18,23,25H,7,9-11,14H2,1-5H3;6,8,11-12,14-15,17,19,21,23,26H,7,9-10,13H2,1-5H3;2*6,8,11-12,14-15,17,21,23H,7,9-10,13H2,1-5H3/b8-6+;3*8-6-/t15-,16?,18?,23-,25+;14-,15?,17?,19?,21-,23+;2*14-,15?,17?,21-,23+/m0000/s1. The van der Waals surface area contributed by atoms with E-state index in [1.807, 2.05) is 106 Å². The molecule has 4 saturated carbocycles. The van der Waals surface area contributed by atoms with Crippen molar-refractivity contribution >= 4 is 41.0 Å². The molecule has 0 aromatic heterocycles. The molecule has 0 radical (unpaired) electrons. The summed E-state index contributed by atoms with van der Waals surface area (Å²) < 4.78 is 131. The van der Waals surface area contributed by atoms with Crippen LogP contribution in [0.25, 0.3) is 0 Å². The Labute approximate surface area is 772 Å². The Hall–Kier alpha value is -9.19. The van der Waals surface area contributed by atoms with Gasteiger partial charge in [0.05, 0.1) is 58.4 Å². The highest BCUT2D eigenvalue weighted by atomic mass is 16.8. The zero-order valence-corrected chi connectivity index (χ0v) is 79.6. The maximum atomic E-state index is 13.5. The van der Waals surface area contributed by atoms with Crippen molar-refractivity contribution in [1.29, 1.82) is 0 Å². The fraction of sp³-hybridized carbons (Fsp3) is 0.614. The lowest BCUT2D eigenvalue weighted by atomic mass is 9.90. The van der Waals surface area contributed by atoms with E-state index in [4.69, 9.17) is 109 Å². The molecule has 0 spiro atoms. The number of hydrogen-bond acceptors (Lipinski definition) is 31.